The van der Waals surface area contributed by atoms with E-state index in [1.54, 1.807) is 0 Å². The zero-order chi connectivity index (χ0) is 21.6. The van der Waals surface area contributed by atoms with E-state index >= 15 is 0 Å². The molecule has 0 radical (unpaired) electrons. The second kappa shape index (κ2) is 8.16. The molecule has 0 aromatic carbocycles. The van der Waals surface area contributed by atoms with Crippen molar-refractivity contribution in [3.05, 3.63) is 24.3 Å². The molecule has 3 aromatic rings. The van der Waals surface area contributed by atoms with E-state index in [0.717, 1.165) is 42.1 Å². The number of aromatic nitrogens is 4. The van der Waals surface area contributed by atoms with Gasteiger partial charge in [-0.2, -0.15) is 5.26 Å². The van der Waals surface area contributed by atoms with Crippen LogP contribution in [0.4, 0.5) is 0 Å². The molecule has 0 spiro atoms. The van der Waals surface area contributed by atoms with Gasteiger partial charge in [0.1, 0.15) is 17.0 Å². The van der Waals surface area contributed by atoms with Crippen LogP contribution in [-0.2, 0) is 0 Å². The Hall–Kier alpha value is -2.00. The first-order chi connectivity index (χ1) is 15.0. The van der Waals surface area contributed by atoms with Gasteiger partial charge in [-0.05, 0) is 87.4 Å². The molecule has 1 N–H and O–H groups in total. The number of pyridine rings is 1. The van der Waals surface area contributed by atoms with Crippen LogP contribution >= 0.6 is 10.0 Å². The number of hydrogen-bond donors (Lipinski definition) is 1. The maximum absolute atomic E-state index is 9.12. The van der Waals surface area contributed by atoms with Crippen molar-refractivity contribution in [3.63, 3.8) is 0 Å². The minimum atomic E-state index is -0.487. The van der Waals surface area contributed by atoms with Crippen molar-refractivity contribution < 1.29 is 0 Å². The molecule has 2 aliphatic rings. The molecule has 0 saturated heterocycles. The highest BCUT2D eigenvalue weighted by Gasteiger charge is 2.33. The monoisotopic (exact) mass is 437 g/mol. The largest absolute Gasteiger partial charge is 0.346 e. The number of aromatic amines is 1. The van der Waals surface area contributed by atoms with Crippen molar-refractivity contribution in [1.29, 1.82) is 5.26 Å². The third kappa shape index (κ3) is 3.86. The standard InChI is InChI=1S/C25H35N5S/c1-31(2,3)20-10-6-18(7-11-20)25-29-22-16-28-24-21(13-15-27-24)23(22)30(25)19-8-4-17(5-9-19)12-14-26/h13,15-20H,4-12H2,1-3H3,(H,27,28)/t17-,18?,19-,20?. The molecule has 2 saturated carbocycles. The minimum Gasteiger partial charge on any atom is -0.346 e. The van der Waals surface area contributed by atoms with Gasteiger partial charge < -0.3 is 9.55 Å². The van der Waals surface area contributed by atoms with Gasteiger partial charge in [-0.1, -0.05) is 0 Å². The fraction of sp³-hybridized carbons (Fsp3) is 0.640. The fourth-order valence-corrected chi connectivity index (χ4v) is 7.72. The lowest BCUT2D eigenvalue weighted by Crippen LogP contribution is -2.26. The first kappa shape index (κ1) is 20.9. The third-order valence-corrected chi connectivity index (χ3v) is 10.3. The predicted octanol–water partition coefficient (Wildman–Crippen LogP) is 6.28. The van der Waals surface area contributed by atoms with Crippen molar-refractivity contribution in [2.24, 2.45) is 5.92 Å². The van der Waals surface area contributed by atoms with Crippen molar-refractivity contribution in [3.8, 4) is 6.07 Å². The summed E-state index contributed by atoms with van der Waals surface area (Å²) in [6.07, 6.45) is 21.9. The van der Waals surface area contributed by atoms with E-state index in [9.17, 15) is 0 Å². The number of nitriles is 1. The maximum Gasteiger partial charge on any atom is 0.139 e. The summed E-state index contributed by atoms with van der Waals surface area (Å²) >= 11 is 0. The van der Waals surface area contributed by atoms with Crippen LogP contribution in [0.15, 0.2) is 18.5 Å². The SMILES string of the molecule is CS(C)(C)C1CCC(c2nc3cnc4[nH]ccc4c3n2[C@H]2CC[C@H](CC#N)CC2)CC1. The van der Waals surface area contributed by atoms with Crippen molar-refractivity contribution in [2.75, 3.05) is 18.8 Å². The molecule has 2 aliphatic carbocycles. The smallest absolute Gasteiger partial charge is 0.139 e. The zero-order valence-corrected chi connectivity index (χ0v) is 19.9. The average Bonchev–Trinajstić information content (AvgIpc) is 3.38. The Morgan fingerprint density at radius 3 is 2.52 bits per heavy atom. The number of H-pyrrole nitrogens is 1. The molecular formula is C25H35N5S. The summed E-state index contributed by atoms with van der Waals surface area (Å²) in [5.74, 6) is 2.42. The Bertz CT molecular complexity index is 1100. The lowest BCUT2D eigenvalue weighted by atomic mass is 9.83. The van der Waals surface area contributed by atoms with Crippen LogP contribution in [0.25, 0.3) is 22.1 Å². The Labute approximate surface area is 187 Å². The molecular weight excluding hydrogens is 402 g/mol. The Morgan fingerprint density at radius 1 is 1.10 bits per heavy atom. The molecule has 3 heterocycles. The summed E-state index contributed by atoms with van der Waals surface area (Å²) in [7, 11) is -0.487. The molecule has 5 nitrogen and oxygen atoms in total. The molecule has 6 heteroatoms. The van der Waals surface area contributed by atoms with Crippen LogP contribution in [0.5, 0.6) is 0 Å². The van der Waals surface area contributed by atoms with Gasteiger partial charge in [-0.15, -0.1) is 0 Å². The van der Waals surface area contributed by atoms with E-state index < -0.39 is 10.0 Å². The van der Waals surface area contributed by atoms with Crippen LogP contribution in [0.3, 0.4) is 0 Å². The summed E-state index contributed by atoms with van der Waals surface area (Å²) in [4.78, 5) is 13.1. The van der Waals surface area contributed by atoms with E-state index in [4.69, 9.17) is 10.2 Å². The highest BCUT2D eigenvalue weighted by molar-refractivity contribution is 8.32. The van der Waals surface area contributed by atoms with Gasteiger partial charge in [0, 0.05) is 30.0 Å². The quantitative estimate of drug-likeness (QED) is 0.522. The number of rotatable bonds is 4. The number of nitrogens with zero attached hydrogens (tertiary/aromatic N) is 4. The van der Waals surface area contributed by atoms with Crippen LogP contribution < -0.4 is 0 Å². The summed E-state index contributed by atoms with van der Waals surface area (Å²) < 4.78 is 2.62. The maximum atomic E-state index is 9.12. The van der Waals surface area contributed by atoms with Gasteiger partial charge in [-0.25, -0.2) is 20.0 Å². The van der Waals surface area contributed by atoms with Crippen LogP contribution in [0.2, 0.25) is 0 Å². The van der Waals surface area contributed by atoms with Gasteiger partial charge in [0.2, 0.25) is 0 Å². The van der Waals surface area contributed by atoms with E-state index in [-0.39, 0.29) is 0 Å². The molecule has 166 valence electrons. The lowest BCUT2D eigenvalue weighted by Gasteiger charge is -2.41. The summed E-state index contributed by atoms with van der Waals surface area (Å²) in [6.45, 7) is 0. The molecule has 0 atom stereocenters. The summed E-state index contributed by atoms with van der Waals surface area (Å²) in [5.41, 5.74) is 3.27. The second-order valence-electron chi connectivity index (χ2n) is 10.5. The highest BCUT2D eigenvalue weighted by Crippen LogP contribution is 2.51. The number of nitrogens with one attached hydrogen (secondary N) is 1. The highest BCUT2D eigenvalue weighted by atomic mass is 32.3. The molecule has 0 unspecified atom stereocenters. The van der Waals surface area contributed by atoms with E-state index in [0.29, 0.717) is 24.3 Å². The van der Waals surface area contributed by atoms with Gasteiger partial charge >= 0.3 is 0 Å². The first-order valence-corrected chi connectivity index (χ1v) is 14.8. The van der Waals surface area contributed by atoms with Gasteiger partial charge in [0.25, 0.3) is 0 Å². The fourth-order valence-electron chi connectivity index (χ4n) is 6.03. The summed E-state index contributed by atoms with van der Waals surface area (Å²) in [5, 5.41) is 11.2. The van der Waals surface area contributed by atoms with E-state index in [2.05, 4.69) is 45.4 Å². The van der Waals surface area contributed by atoms with Crippen molar-refractivity contribution in [1.82, 2.24) is 19.5 Å². The normalized spacial score (nSPS) is 28.1. The Morgan fingerprint density at radius 2 is 1.84 bits per heavy atom. The lowest BCUT2D eigenvalue weighted by molar-refractivity contribution is 0.272. The summed E-state index contributed by atoms with van der Waals surface area (Å²) in [6, 6.07) is 5.04. The van der Waals surface area contributed by atoms with Crippen LogP contribution in [-0.4, -0.2) is 43.5 Å². The van der Waals surface area contributed by atoms with Gasteiger partial charge in [-0.3, -0.25) is 0 Å². The average molecular weight is 438 g/mol. The number of hydrogen-bond acceptors (Lipinski definition) is 3. The number of fused-ring (bicyclic) bond motifs is 3. The Balaban J connectivity index is 1.53. The van der Waals surface area contributed by atoms with Crippen molar-refractivity contribution in [2.45, 2.75) is 75.0 Å². The topological polar surface area (TPSA) is 70.3 Å². The zero-order valence-electron chi connectivity index (χ0n) is 19.1. The molecule has 2 fully saturated rings. The second-order valence-corrected chi connectivity index (χ2v) is 15.0. The molecule has 0 amide bonds. The number of imidazole rings is 1. The first-order valence-electron chi connectivity index (χ1n) is 11.8. The molecule has 31 heavy (non-hydrogen) atoms. The van der Waals surface area contributed by atoms with E-state index in [1.165, 1.54) is 42.4 Å². The molecule has 5 rings (SSSR count). The van der Waals surface area contributed by atoms with Crippen molar-refractivity contribution >= 4 is 32.1 Å². The third-order valence-electron chi connectivity index (χ3n) is 7.86. The minimum absolute atomic E-state index is 0.487. The van der Waals surface area contributed by atoms with Gasteiger partial charge in [0.05, 0.1) is 17.8 Å². The van der Waals surface area contributed by atoms with Crippen LogP contribution in [0, 0.1) is 17.2 Å². The molecule has 0 bridgehead atoms. The van der Waals surface area contributed by atoms with Gasteiger partial charge in [0.15, 0.2) is 0 Å². The predicted molar refractivity (Wildman–Crippen MR) is 131 cm³/mol. The Kier molecular flexibility index (Phi) is 5.50. The van der Waals surface area contributed by atoms with E-state index in [1.807, 2.05) is 12.4 Å². The van der Waals surface area contributed by atoms with Crippen LogP contribution in [0.1, 0.15) is 75.6 Å². The molecule has 0 aliphatic heterocycles. The molecule has 3 aromatic heterocycles.